The summed E-state index contributed by atoms with van der Waals surface area (Å²) in [6.45, 7) is 5.77. The number of nitrogens with zero attached hydrogens (tertiary/aromatic N) is 2. The smallest absolute Gasteiger partial charge is 0.254 e. The molecular formula is C14H23N3O2. The van der Waals surface area contributed by atoms with Crippen molar-refractivity contribution >= 4 is 5.91 Å². The fourth-order valence-electron chi connectivity index (χ4n) is 2.22. The van der Waals surface area contributed by atoms with Gasteiger partial charge in [-0.15, -0.1) is 0 Å². The second kappa shape index (κ2) is 6.19. The van der Waals surface area contributed by atoms with E-state index in [1.807, 2.05) is 4.68 Å². The number of amides is 1. The summed E-state index contributed by atoms with van der Waals surface area (Å²) in [6, 6.07) is 0. The molecule has 1 aliphatic rings. The molecule has 0 saturated heterocycles. The van der Waals surface area contributed by atoms with E-state index >= 15 is 0 Å². The van der Waals surface area contributed by atoms with Gasteiger partial charge in [-0.25, -0.2) is 0 Å². The molecule has 19 heavy (non-hydrogen) atoms. The van der Waals surface area contributed by atoms with Crippen LogP contribution in [0.2, 0.25) is 0 Å². The van der Waals surface area contributed by atoms with Crippen LogP contribution in [0.1, 0.15) is 55.1 Å². The Morgan fingerprint density at radius 1 is 1.58 bits per heavy atom. The van der Waals surface area contributed by atoms with Gasteiger partial charge in [0.25, 0.3) is 5.91 Å². The van der Waals surface area contributed by atoms with Crippen molar-refractivity contribution in [2.75, 3.05) is 13.2 Å². The lowest BCUT2D eigenvalue weighted by Gasteiger charge is -2.11. The molecule has 1 aliphatic carbocycles. The van der Waals surface area contributed by atoms with Crippen LogP contribution in [0.4, 0.5) is 0 Å². The fourth-order valence-corrected chi connectivity index (χ4v) is 2.22. The lowest BCUT2D eigenvalue weighted by molar-refractivity contribution is 0.0950. The minimum atomic E-state index is -0.0645. The molecule has 2 rings (SSSR count). The van der Waals surface area contributed by atoms with Crippen LogP contribution in [0.25, 0.3) is 0 Å². The third-order valence-corrected chi connectivity index (χ3v) is 3.25. The number of hydrogen-bond acceptors (Lipinski definition) is 3. The van der Waals surface area contributed by atoms with E-state index in [-0.39, 0.29) is 12.5 Å². The minimum Gasteiger partial charge on any atom is -0.396 e. The van der Waals surface area contributed by atoms with Gasteiger partial charge in [0.15, 0.2) is 0 Å². The van der Waals surface area contributed by atoms with Crippen LogP contribution in [0, 0.1) is 5.92 Å². The molecule has 0 aromatic carbocycles. The summed E-state index contributed by atoms with van der Waals surface area (Å²) in [5, 5.41) is 15.9. The van der Waals surface area contributed by atoms with E-state index in [0.717, 1.165) is 25.1 Å². The largest absolute Gasteiger partial charge is 0.396 e. The molecule has 0 bridgehead atoms. The third-order valence-electron chi connectivity index (χ3n) is 3.25. The first kappa shape index (κ1) is 14.1. The molecule has 5 nitrogen and oxygen atoms in total. The van der Waals surface area contributed by atoms with Gasteiger partial charge in [0.05, 0.1) is 17.5 Å². The van der Waals surface area contributed by atoms with Crippen LogP contribution < -0.4 is 5.32 Å². The second-order valence-corrected chi connectivity index (χ2v) is 5.63. The summed E-state index contributed by atoms with van der Waals surface area (Å²) in [7, 11) is 0. The molecule has 1 amide bonds. The van der Waals surface area contributed by atoms with Crippen LogP contribution in [0.3, 0.4) is 0 Å². The van der Waals surface area contributed by atoms with Gasteiger partial charge in [0.2, 0.25) is 0 Å². The molecule has 1 aromatic heterocycles. The number of carbonyl (C=O) groups is 1. The molecule has 0 aliphatic heterocycles. The van der Waals surface area contributed by atoms with E-state index in [1.165, 1.54) is 0 Å². The summed E-state index contributed by atoms with van der Waals surface area (Å²) >= 11 is 0. The van der Waals surface area contributed by atoms with Crippen LogP contribution >= 0.6 is 0 Å². The first-order chi connectivity index (χ1) is 9.13. The summed E-state index contributed by atoms with van der Waals surface area (Å²) < 4.78 is 1.99. The van der Waals surface area contributed by atoms with Crippen LogP contribution in [-0.4, -0.2) is 33.9 Å². The third kappa shape index (κ3) is 3.56. The van der Waals surface area contributed by atoms with Crippen molar-refractivity contribution in [1.82, 2.24) is 15.1 Å². The molecule has 0 unspecified atom stereocenters. The Bertz CT molecular complexity index is 436. The van der Waals surface area contributed by atoms with Gasteiger partial charge in [0.1, 0.15) is 0 Å². The first-order valence-corrected chi connectivity index (χ1v) is 7.08. The predicted molar refractivity (Wildman–Crippen MR) is 73.1 cm³/mol. The number of aliphatic hydroxyl groups excluding tert-OH is 1. The normalized spacial score (nSPS) is 14.9. The van der Waals surface area contributed by atoms with Crippen LogP contribution in [0.15, 0.2) is 6.20 Å². The summed E-state index contributed by atoms with van der Waals surface area (Å²) in [6.07, 6.45) is 4.58. The second-order valence-electron chi connectivity index (χ2n) is 5.63. The van der Waals surface area contributed by atoms with Crippen molar-refractivity contribution in [3.63, 3.8) is 0 Å². The monoisotopic (exact) mass is 265 g/mol. The van der Waals surface area contributed by atoms with E-state index in [2.05, 4.69) is 24.3 Å². The molecular weight excluding hydrogens is 242 g/mol. The van der Waals surface area contributed by atoms with Gasteiger partial charge in [-0.2, -0.15) is 5.10 Å². The Kier molecular flexibility index (Phi) is 4.58. The van der Waals surface area contributed by atoms with Gasteiger partial charge in [-0.3, -0.25) is 9.48 Å². The first-order valence-electron chi connectivity index (χ1n) is 7.08. The van der Waals surface area contributed by atoms with Crippen molar-refractivity contribution in [3.05, 3.63) is 17.5 Å². The van der Waals surface area contributed by atoms with Crippen molar-refractivity contribution in [3.8, 4) is 0 Å². The Morgan fingerprint density at radius 2 is 2.32 bits per heavy atom. The van der Waals surface area contributed by atoms with Crippen molar-refractivity contribution < 1.29 is 9.90 Å². The highest BCUT2D eigenvalue weighted by Gasteiger charge is 2.32. The zero-order chi connectivity index (χ0) is 13.8. The molecule has 5 heteroatoms. The average Bonchev–Trinajstić information content (AvgIpc) is 3.11. The van der Waals surface area contributed by atoms with Gasteiger partial charge in [-0.1, -0.05) is 13.8 Å². The maximum absolute atomic E-state index is 12.1. The van der Waals surface area contributed by atoms with E-state index in [1.54, 1.807) is 6.20 Å². The maximum Gasteiger partial charge on any atom is 0.254 e. The van der Waals surface area contributed by atoms with Gasteiger partial charge < -0.3 is 10.4 Å². The standard InChI is InChI=1S/C14H23N3O2/c1-10(2)9-17-13(11-4-5-11)12(8-16-17)14(19)15-6-3-7-18/h8,10-11,18H,3-7,9H2,1-2H3,(H,15,19). The van der Waals surface area contributed by atoms with Gasteiger partial charge in [-0.05, 0) is 25.2 Å². The lowest BCUT2D eigenvalue weighted by atomic mass is 10.1. The highest BCUT2D eigenvalue weighted by atomic mass is 16.3. The molecule has 1 fully saturated rings. The number of rotatable bonds is 7. The van der Waals surface area contributed by atoms with E-state index < -0.39 is 0 Å². The molecule has 1 saturated carbocycles. The number of nitrogens with one attached hydrogen (secondary N) is 1. The molecule has 0 radical (unpaired) electrons. The lowest BCUT2D eigenvalue weighted by Crippen LogP contribution is -2.26. The van der Waals surface area contributed by atoms with Crippen molar-refractivity contribution in [2.45, 2.75) is 45.6 Å². The summed E-state index contributed by atoms with van der Waals surface area (Å²) in [5.41, 5.74) is 1.80. The maximum atomic E-state index is 12.1. The van der Waals surface area contributed by atoms with E-state index in [4.69, 9.17) is 5.11 Å². The number of aromatic nitrogens is 2. The van der Waals surface area contributed by atoms with Crippen molar-refractivity contribution in [2.24, 2.45) is 5.92 Å². The highest BCUT2D eigenvalue weighted by molar-refractivity contribution is 5.95. The molecule has 0 spiro atoms. The molecule has 1 heterocycles. The minimum absolute atomic E-state index is 0.0645. The fraction of sp³-hybridized carbons (Fsp3) is 0.714. The van der Waals surface area contributed by atoms with Crippen LogP contribution in [-0.2, 0) is 6.54 Å². The number of carbonyl (C=O) groups excluding carboxylic acids is 1. The number of hydrogen-bond donors (Lipinski definition) is 2. The zero-order valence-corrected chi connectivity index (χ0v) is 11.7. The van der Waals surface area contributed by atoms with Gasteiger partial charge >= 0.3 is 0 Å². The molecule has 106 valence electrons. The van der Waals surface area contributed by atoms with E-state index in [0.29, 0.717) is 30.4 Å². The Morgan fingerprint density at radius 3 is 2.89 bits per heavy atom. The van der Waals surface area contributed by atoms with Crippen molar-refractivity contribution in [1.29, 1.82) is 0 Å². The Hall–Kier alpha value is -1.36. The molecule has 1 aromatic rings. The van der Waals surface area contributed by atoms with Gasteiger partial charge in [0, 0.05) is 25.6 Å². The SMILES string of the molecule is CC(C)Cn1ncc(C(=O)NCCCO)c1C1CC1. The average molecular weight is 265 g/mol. The highest BCUT2D eigenvalue weighted by Crippen LogP contribution is 2.41. The topological polar surface area (TPSA) is 67.2 Å². The summed E-state index contributed by atoms with van der Waals surface area (Å²) in [4.78, 5) is 12.1. The molecule has 2 N–H and O–H groups in total. The van der Waals surface area contributed by atoms with Crippen LogP contribution in [0.5, 0.6) is 0 Å². The van der Waals surface area contributed by atoms with E-state index in [9.17, 15) is 4.79 Å². The predicted octanol–water partition coefficient (Wildman–Crippen LogP) is 1.53. The zero-order valence-electron chi connectivity index (χ0n) is 11.7. The Labute approximate surface area is 114 Å². The number of aliphatic hydroxyl groups is 1. The molecule has 0 atom stereocenters. The quantitative estimate of drug-likeness (QED) is 0.735. The Balaban J connectivity index is 2.11. The summed E-state index contributed by atoms with van der Waals surface area (Å²) in [5.74, 6) is 0.952.